The van der Waals surface area contributed by atoms with E-state index in [1.165, 1.54) is 38.2 Å². The molecule has 0 saturated heterocycles. The third-order valence-corrected chi connectivity index (χ3v) is 6.54. The largest absolute Gasteiger partial charge is 0.463 e. The van der Waals surface area contributed by atoms with E-state index < -0.39 is 0 Å². The molecule has 2 rings (SSSR count). The number of esters is 1. The Morgan fingerprint density at radius 1 is 0.951 bits per heavy atom. The summed E-state index contributed by atoms with van der Waals surface area (Å²) in [7, 11) is 1.60. The van der Waals surface area contributed by atoms with Crippen molar-refractivity contribution < 1.29 is 19.1 Å². The van der Waals surface area contributed by atoms with Gasteiger partial charge in [-0.2, -0.15) is 0 Å². The number of hydrogen-bond donors (Lipinski definition) is 2. The Kier molecular flexibility index (Phi) is 28.1. The third kappa shape index (κ3) is 17.5. The minimum absolute atomic E-state index is 0.0250. The first-order chi connectivity index (χ1) is 20.0. The molecule has 0 aromatic carbocycles. The van der Waals surface area contributed by atoms with Crippen LogP contribution in [0.5, 0.6) is 0 Å². The number of amides is 1. The Balaban J connectivity index is 0. The number of nitrogens with one attached hydrogen (secondary N) is 2. The van der Waals surface area contributed by atoms with Crippen molar-refractivity contribution in [1.82, 2.24) is 10.6 Å². The van der Waals surface area contributed by atoms with Gasteiger partial charge in [0.25, 0.3) is 5.91 Å². The lowest BCUT2D eigenvalue weighted by Gasteiger charge is -2.28. The molecular weight excluding hydrogens is 512 g/mol. The van der Waals surface area contributed by atoms with E-state index >= 15 is 0 Å². The molecule has 0 saturated carbocycles. The quantitative estimate of drug-likeness (QED) is 0.0841. The lowest BCUT2D eigenvalue weighted by atomic mass is 9.80. The van der Waals surface area contributed by atoms with Gasteiger partial charge in [0.05, 0.1) is 6.61 Å². The van der Waals surface area contributed by atoms with Crippen molar-refractivity contribution in [2.75, 3.05) is 20.2 Å². The predicted octanol–water partition coefficient (Wildman–Crippen LogP) is 8.32. The van der Waals surface area contributed by atoms with Crippen molar-refractivity contribution >= 4 is 18.2 Å². The molecule has 0 fully saturated rings. The second kappa shape index (κ2) is 28.6. The van der Waals surface area contributed by atoms with Gasteiger partial charge in [0, 0.05) is 42.4 Å². The Morgan fingerprint density at radius 2 is 1.56 bits per heavy atom. The Morgan fingerprint density at radius 3 is 2.15 bits per heavy atom. The summed E-state index contributed by atoms with van der Waals surface area (Å²) in [5.74, 6) is -0.510. The van der Waals surface area contributed by atoms with E-state index in [4.69, 9.17) is 4.74 Å². The molecule has 0 spiro atoms. The number of fused-ring (bicyclic) bond motifs is 1. The molecule has 0 aromatic rings. The molecule has 2 aliphatic carbocycles. The summed E-state index contributed by atoms with van der Waals surface area (Å²) < 4.78 is 4.97. The monoisotopic (exact) mass is 572 g/mol. The first-order valence-electron chi connectivity index (χ1n) is 16.1. The fraction of sp³-hybridized carbons (Fsp3) is 0.629. The zero-order chi connectivity index (χ0) is 31.3. The SMILES string of the molecule is C=CC(=O)OCCCCCCCNC1=CC=C(C(=O)NC)C2=C(C=O)C=CCCC12.CC.CC.CCCCCCC. The fourth-order valence-electron chi connectivity index (χ4n) is 4.46. The molecule has 0 radical (unpaired) electrons. The molecule has 6 heteroatoms. The number of aldehydes is 1. The molecule has 1 unspecified atom stereocenters. The highest BCUT2D eigenvalue weighted by atomic mass is 16.5. The van der Waals surface area contributed by atoms with Crippen LogP contribution >= 0.6 is 0 Å². The van der Waals surface area contributed by atoms with Gasteiger partial charge >= 0.3 is 5.97 Å². The fourth-order valence-corrected chi connectivity index (χ4v) is 4.46. The van der Waals surface area contributed by atoms with Crippen LogP contribution in [0.3, 0.4) is 0 Å². The molecular formula is C35H60N2O4. The van der Waals surface area contributed by atoms with Crippen LogP contribution in [0.1, 0.15) is 119 Å². The molecule has 0 aromatic heterocycles. The summed E-state index contributed by atoms with van der Waals surface area (Å²) >= 11 is 0. The van der Waals surface area contributed by atoms with Crippen LogP contribution in [0.15, 0.2) is 59.4 Å². The van der Waals surface area contributed by atoms with Crippen molar-refractivity contribution in [2.45, 2.75) is 119 Å². The number of allylic oxidation sites excluding steroid dienone is 6. The van der Waals surface area contributed by atoms with Gasteiger partial charge in [0.1, 0.15) is 6.29 Å². The summed E-state index contributed by atoms with van der Waals surface area (Å²) in [5, 5.41) is 6.20. The standard InChI is InChI=1S/C24H32N2O4.C7H16.2C2H6/c1-3-22(28)30-16-10-6-4-5-9-15-26-21-14-13-20(24(29)25-2)23-18(17-27)11-7-8-12-19(21)23;1-3-5-7-6-4-2;2*1-2/h3,7,11,13-14,17,19,26H,1,4-6,8-10,12,15-16H2,2H3,(H,25,29);3-7H2,1-2H3;2*1-2H3. The van der Waals surface area contributed by atoms with Crippen molar-refractivity contribution in [3.8, 4) is 0 Å². The highest BCUT2D eigenvalue weighted by Gasteiger charge is 2.30. The molecule has 1 atom stereocenters. The van der Waals surface area contributed by atoms with Crippen molar-refractivity contribution in [3.05, 3.63) is 59.4 Å². The summed E-state index contributed by atoms with van der Waals surface area (Å²) in [5.41, 5.74) is 3.03. The lowest BCUT2D eigenvalue weighted by molar-refractivity contribution is -0.137. The average molecular weight is 573 g/mol. The number of unbranched alkanes of at least 4 members (excludes halogenated alkanes) is 8. The Hall–Kier alpha value is -2.89. The zero-order valence-corrected chi connectivity index (χ0v) is 27.3. The van der Waals surface area contributed by atoms with E-state index in [1.807, 2.05) is 45.9 Å². The second-order valence-corrected chi connectivity index (χ2v) is 9.43. The van der Waals surface area contributed by atoms with Crippen LogP contribution in [0.4, 0.5) is 0 Å². The van der Waals surface area contributed by atoms with E-state index in [0.29, 0.717) is 17.8 Å². The number of rotatable bonds is 16. The number of likely N-dealkylation sites (N-methyl/N-ethyl adjacent to an activating group) is 1. The second-order valence-electron chi connectivity index (χ2n) is 9.43. The molecule has 2 aliphatic rings. The third-order valence-electron chi connectivity index (χ3n) is 6.54. The first kappa shape index (κ1) is 40.2. The minimum Gasteiger partial charge on any atom is -0.463 e. The van der Waals surface area contributed by atoms with Gasteiger partial charge in [0.15, 0.2) is 0 Å². The smallest absolute Gasteiger partial charge is 0.330 e. The highest BCUT2D eigenvalue weighted by Crippen LogP contribution is 2.37. The maximum absolute atomic E-state index is 12.3. The van der Waals surface area contributed by atoms with Gasteiger partial charge in [-0.1, -0.05) is 112 Å². The van der Waals surface area contributed by atoms with Gasteiger partial charge in [-0.05, 0) is 43.4 Å². The normalized spacial score (nSPS) is 15.0. The molecule has 234 valence electrons. The van der Waals surface area contributed by atoms with Crippen LogP contribution in [0, 0.1) is 5.92 Å². The number of ether oxygens (including phenoxy) is 1. The summed E-state index contributed by atoms with van der Waals surface area (Å²) in [6.07, 6.45) is 23.5. The molecule has 41 heavy (non-hydrogen) atoms. The van der Waals surface area contributed by atoms with Gasteiger partial charge in [0.2, 0.25) is 0 Å². The van der Waals surface area contributed by atoms with Gasteiger partial charge < -0.3 is 15.4 Å². The Labute approximate surface area is 251 Å². The molecule has 0 bridgehead atoms. The van der Waals surface area contributed by atoms with Crippen LogP contribution in [-0.4, -0.2) is 38.4 Å². The van der Waals surface area contributed by atoms with Gasteiger partial charge in [-0.15, -0.1) is 0 Å². The average Bonchev–Trinajstić information content (AvgIpc) is 3.25. The van der Waals surface area contributed by atoms with Crippen LogP contribution in [0.2, 0.25) is 0 Å². The zero-order valence-electron chi connectivity index (χ0n) is 27.3. The van der Waals surface area contributed by atoms with Crippen LogP contribution in [-0.2, 0) is 19.1 Å². The maximum atomic E-state index is 12.3. The van der Waals surface area contributed by atoms with Gasteiger partial charge in [-0.25, -0.2) is 4.79 Å². The van der Waals surface area contributed by atoms with Crippen molar-refractivity contribution in [1.29, 1.82) is 0 Å². The van der Waals surface area contributed by atoms with E-state index in [0.717, 1.165) is 69.0 Å². The Bertz CT molecular complexity index is 848. The molecule has 0 aliphatic heterocycles. The number of hydrogen-bond acceptors (Lipinski definition) is 5. The lowest BCUT2D eigenvalue weighted by Crippen LogP contribution is -2.30. The molecule has 2 N–H and O–H groups in total. The number of carbonyl (C=O) groups excluding carboxylic acids is 3. The highest BCUT2D eigenvalue weighted by molar-refractivity contribution is 6.01. The summed E-state index contributed by atoms with van der Waals surface area (Å²) in [6.45, 7) is 17.1. The van der Waals surface area contributed by atoms with E-state index in [9.17, 15) is 14.4 Å². The van der Waals surface area contributed by atoms with E-state index in [2.05, 4.69) is 31.1 Å². The van der Waals surface area contributed by atoms with E-state index in [1.54, 1.807) is 13.1 Å². The molecule has 6 nitrogen and oxygen atoms in total. The minimum atomic E-state index is -0.367. The van der Waals surface area contributed by atoms with Crippen LogP contribution in [0.25, 0.3) is 0 Å². The number of carbonyl (C=O) groups is 3. The summed E-state index contributed by atoms with van der Waals surface area (Å²) in [6, 6.07) is 0. The summed E-state index contributed by atoms with van der Waals surface area (Å²) in [4.78, 5) is 34.9. The topological polar surface area (TPSA) is 84.5 Å². The van der Waals surface area contributed by atoms with Crippen LogP contribution < -0.4 is 10.6 Å². The van der Waals surface area contributed by atoms with Crippen molar-refractivity contribution in [3.63, 3.8) is 0 Å². The van der Waals surface area contributed by atoms with E-state index in [-0.39, 0.29) is 17.8 Å². The molecule has 1 amide bonds. The molecule has 0 heterocycles. The van der Waals surface area contributed by atoms with Gasteiger partial charge in [-0.3, -0.25) is 9.59 Å². The maximum Gasteiger partial charge on any atom is 0.330 e. The predicted molar refractivity (Wildman–Crippen MR) is 175 cm³/mol. The first-order valence-corrected chi connectivity index (χ1v) is 16.1. The van der Waals surface area contributed by atoms with Crippen molar-refractivity contribution in [2.24, 2.45) is 5.92 Å².